The molecule has 0 spiro atoms. The third kappa shape index (κ3) is 5.62. The van der Waals surface area contributed by atoms with Crippen LogP contribution in [-0.4, -0.2) is 25.6 Å². The Hall–Kier alpha value is -5.29. The fraction of sp³-hybridized carbons (Fsp3) is 0.132. The molecule has 6 aromatic rings. The maximum atomic E-state index is 4.89. The van der Waals surface area contributed by atoms with Crippen molar-refractivity contribution in [2.24, 2.45) is 4.99 Å². The number of aromatic nitrogens is 4. The molecule has 1 unspecified atom stereocenters. The number of nitrogens with zero attached hydrogens (tertiary/aromatic N) is 5. The zero-order valence-corrected chi connectivity index (χ0v) is 24.7. The molecule has 5 nitrogen and oxygen atoms in total. The zero-order chi connectivity index (χ0) is 29.5. The minimum absolute atomic E-state index is 0.0854. The molecule has 2 aromatic heterocycles. The first-order valence-electron chi connectivity index (χ1n) is 14.5. The first kappa shape index (κ1) is 26.6. The second-order valence-electron chi connectivity index (χ2n) is 11.2. The number of hydrogen-bond acceptors (Lipinski definition) is 5. The lowest BCUT2D eigenvalue weighted by molar-refractivity contribution is 1.06. The Morgan fingerprint density at radius 3 is 1.33 bits per heavy atom. The highest BCUT2D eigenvalue weighted by Crippen LogP contribution is 2.38. The smallest absolute Gasteiger partial charge is 0.159 e. The Bertz CT molecular complexity index is 1970. The van der Waals surface area contributed by atoms with E-state index in [9.17, 15) is 0 Å². The fourth-order valence-corrected chi connectivity index (χ4v) is 5.65. The van der Waals surface area contributed by atoms with Gasteiger partial charge in [-0.1, -0.05) is 84.9 Å². The summed E-state index contributed by atoms with van der Waals surface area (Å²) in [6, 6.07) is 38.4. The molecule has 0 fully saturated rings. The van der Waals surface area contributed by atoms with Crippen molar-refractivity contribution < 1.29 is 0 Å². The van der Waals surface area contributed by atoms with E-state index in [2.05, 4.69) is 117 Å². The minimum atomic E-state index is 0.0854. The van der Waals surface area contributed by atoms with E-state index in [4.69, 9.17) is 4.99 Å². The summed E-state index contributed by atoms with van der Waals surface area (Å²) in [7, 11) is 0. The fourth-order valence-electron chi connectivity index (χ4n) is 5.65. The Labute approximate surface area is 252 Å². The molecule has 3 heterocycles. The van der Waals surface area contributed by atoms with E-state index in [0.29, 0.717) is 0 Å². The number of aryl methyl sites for hydroxylation is 4. The van der Waals surface area contributed by atoms with E-state index in [1.165, 1.54) is 16.7 Å². The van der Waals surface area contributed by atoms with Gasteiger partial charge in [0.1, 0.15) is 6.04 Å². The molecule has 0 saturated heterocycles. The van der Waals surface area contributed by atoms with E-state index in [0.717, 1.165) is 68.0 Å². The molecule has 0 aliphatic carbocycles. The summed E-state index contributed by atoms with van der Waals surface area (Å²) in [6.45, 7) is 8.01. The van der Waals surface area contributed by atoms with Gasteiger partial charge in [0.25, 0.3) is 0 Å². The topological polar surface area (TPSA) is 63.9 Å². The van der Waals surface area contributed by atoms with Crippen molar-refractivity contribution in [3.8, 4) is 45.0 Å². The summed E-state index contributed by atoms with van der Waals surface area (Å²) in [5.41, 5.74) is 14.1. The van der Waals surface area contributed by atoms with Crippen LogP contribution < -0.4 is 0 Å². The van der Waals surface area contributed by atoms with Gasteiger partial charge in [-0.25, -0.2) is 19.9 Å². The van der Waals surface area contributed by atoms with Gasteiger partial charge in [-0.05, 0) is 85.3 Å². The molecule has 4 aromatic carbocycles. The molecule has 0 bridgehead atoms. The largest absolute Gasteiger partial charge is 0.272 e. The molecular weight excluding hydrogens is 526 g/mol. The van der Waals surface area contributed by atoms with E-state index in [1.807, 2.05) is 39.8 Å². The predicted octanol–water partition coefficient (Wildman–Crippen LogP) is 8.71. The summed E-state index contributed by atoms with van der Waals surface area (Å²) >= 11 is 0. The first-order chi connectivity index (χ1) is 20.9. The molecule has 0 N–H and O–H groups in total. The maximum Gasteiger partial charge on any atom is 0.159 e. The highest BCUT2D eigenvalue weighted by atomic mass is 15.0. The van der Waals surface area contributed by atoms with Crippen molar-refractivity contribution in [2.75, 3.05) is 0 Å². The lowest BCUT2D eigenvalue weighted by atomic mass is 9.96. The number of hydrogen-bond donors (Lipinski definition) is 0. The Morgan fingerprint density at radius 2 is 0.814 bits per heavy atom. The van der Waals surface area contributed by atoms with Gasteiger partial charge in [-0.3, -0.25) is 4.99 Å². The lowest BCUT2D eigenvalue weighted by Gasteiger charge is -2.08. The van der Waals surface area contributed by atoms with Crippen molar-refractivity contribution in [1.82, 2.24) is 19.9 Å². The normalized spacial score (nSPS) is 14.0. The average molecular weight is 558 g/mol. The first-order valence-corrected chi connectivity index (χ1v) is 14.5. The van der Waals surface area contributed by atoms with Crippen LogP contribution in [0.15, 0.2) is 114 Å². The number of rotatable bonds is 6. The summed E-state index contributed by atoms with van der Waals surface area (Å²) < 4.78 is 0. The summed E-state index contributed by atoms with van der Waals surface area (Å²) in [4.78, 5) is 23.3. The van der Waals surface area contributed by atoms with Gasteiger partial charge in [-0.2, -0.15) is 0 Å². The van der Waals surface area contributed by atoms with Crippen LogP contribution in [0.3, 0.4) is 0 Å². The molecule has 5 heteroatoms. The molecule has 0 radical (unpaired) electrons. The molecule has 1 aliphatic heterocycles. The average Bonchev–Trinajstić information content (AvgIpc) is 3.82. The van der Waals surface area contributed by atoms with Crippen LogP contribution in [0.4, 0.5) is 0 Å². The summed E-state index contributed by atoms with van der Waals surface area (Å²) in [5, 5.41) is 0. The van der Waals surface area contributed by atoms with E-state index in [1.54, 1.807) is 0 Å². The Kier molecular flexibility index (Phi) is 6.71. The molecule has 1 atom stereocenters. The second kappa shape index (κ2) is 10.8. The van der Waals surface area contributed by atoms with E-state index < -0.39 is 0 Å². The monoisotopic (exact) mass is 557 g/mol. The van der Waals surface area contributed by atoms with Crippen LogP contribution in [0, 0.1) is 27.7 Å². The zero-order valence-electron chi connectivity index (χ0n) is 24.7. The van der Waals surface area contributed by atoms with Crippen LogP contribution >= 0.6 is 0 Å². The Morgan fingerprint density at radius 1 is 0.395 bits per heavy atom. The molecule has 43 heavy (non-hydrogen) atoms. The summed E-state index contributed by atoms with van der Waals surface area (Å²) in [5.74, 6) is 1.53. The van der Waals surface area contributed by atoms with Crippen LogP contribution in [0.1, 0.15) is 39.9 Å². The van der Waals surface area contributed by atoms with Crippen molar-refractivity contribution in [3.05, 3.63) is 143 Å². The van der Waals surface area contributed by atoms with Crippen LogP contribution in [0.25, 0.3) is 45.0 Å². The second-order valence-corrected chi connectivity index (χ2v) is 11.2. The molecular formula is C38H31N5. The van der Waals surface area contributed by atoms with Crippen molar-refractivity contribution in [3.63, 3.8) is 0 Å². The highest BCUT2D eigenvalue weighted by Gasteiger charge is 2.31. The molecule has 0 amide bonds. The third-order valence-corrected chi connectivity index (χ3v) is 7.74. The van der Waals surface area contributed by atoms with Crippen LogP contribution in [0.2, 0.25) is 0 Å². The van der Waals surface area contributed by atoms with Gasteiger partial charge < -0.3 is 0 Å². The van der Waals surface area contributed by atoms with Gasteiger partial charge in [-0.15, -0.1) is 0 Å². The predicted molar refractivity (Wildman–Crippen MR) is 174 cm³/mol. The number of aliphatic imine (C=N–C) groups is 1. The van der Waals surface area contributed by atoms with Crippen molar-refractivity contribution in [2.45, 2.75) is 33.7 Å². The van der Waals surface area contributed by atoms with E-state index in [-0.39, 0.29) is 6.04 Å². The number of benzene rings is 4. The molecule has 0 saturated carbocycles. The van der Waals surface area contributed by atoms with Crippen molar-refractivity contribution >= 4 is 5.71 Å². The molecule has 7 rings (SSSR count). The van der Waals surface area contributed by atoms with Gasteiger partial charge >= 0.3 is 0 Å². The van der Waals surface area contributed by atoms with Gasteiger partial charge in [0.05, 0.1) is 5.71 Å². The SMILES string of the molecule is Cc1cc(C)nc(-c2ccc(-c3cccc(C4=NC4c4cccc(-c5ccc(-c6nc(C)cc(C)n6)cc5)c4)c3)cc2)n1. The van der Waals surface area contributed by atoms with Gasteiger partial charge in [0, 0.05) is 33.9 Å². The van der Waals surface area contributed by atoms with E-state index >= 15 is 0 Å². The molecule has 208 valence electrons. The highest BCUT2D eigenvalue weighted by molar-refractivity contribution is 6.14. The third-order valence-electron chi connectivity index (χ3n) is 7.74. The maximum absolute atomic E-state index is 4.89. The minimum Gasteiger partial charge on any atom is -0.272 e. The Balaban J connectivity index is 1.08. The van der Waals surface area contributed by atoms with Gasteiger partial charge in [0.15, 0.2) is 11.6 Å². The van der Waals surface area contributed by atoms with Gasteiger partial charge in [0.2, 0.25) is 0 Å². The lowest BCUT2D eigenvalue weighted by Crippen LogP contribution is -1.95. The quantitative estimate of drug-likeness (QED) is 0.205. The summed E-state index contributed by atoms with van der Waals surface area (Å²) in [6.07, 6.45) is 0. The standard InChI is InChI=1S/C38H31N5/c1-23-19-24(2)40-37(39-23)29-15-11-27(12-16-29)31-7-5-9-33(21-31)35-36(43-35)34-10-6-8-32(22-34)28-13-17-30(18-14-28)38-41-25(3)20-26(4)42-38/h5-22,35H,1-4H3. The van der Waals surface area contributed by atoms with Crippen LogP contribution in [0.5, 0.6) is 0 Å². The molecule has 1 aliphatic rings. The van der Waals surface area contributed by atoms with Crippen LogP contribution in [-0.2, 0) is 0 Å². The van der Waals surface area contributed by atoms with Crippen molar-refractivity contribution in [1.29, 1.82) is 0 Å².